The van der Waals surface area contributed by atoms with E-state index in [0.717, 1.165) is 27.9 Å². The molecule has 3 aromatic rings. The molecule has 0 radical (unpaired) electrons. The maximum Gasteiger partial charge on any atom is 0.226 e. The third-order valence-corrected chi connectivity index (χ3v) is 4.77. The predicted molar refractivity (Wildman–Crippen MR) is 105 cm³/mol. The van der Waals surface area contributed by atoms with Crippen LogP contribution in [0.1, 0.15) is 16.4 Å². The summed E-state index contributed by atoms with van der Waals surface area (Å²) in [5.74, 6) is 1.01. The van der Waals surface area contributed by atoms with Crippen LogP contribution in [0.4, 0.5) is 4.39 Å². The second-order valence-corrected chi connectivity index (χ2v) is 7.15. The van der Waals surface area contributed by atoms with Crippen LogP contribution in [0, 0.1) is 12.7 Å². The molecule has 0 amide bonds. The van der Waals surface area contributed by atoms with Crippen molar-refractivity contribution in [3.8, 4) is 11.5 Å². The van der Waals surface area contributed by atoms with Gasteiger partial charge in [0.15, 0.2) is 5.96 Å². The van der Waals surface area contributed by atoms with Crippen LogP contribution in [0.5, 0.6) is 0 Å². The Hall–Kier alpha value is -2.74. The lowest BCUT2D eigenvalue weighted by Crippen LogP contribution is -2.39. The number of benzene rings is 1. The van der Waals surface area contributed by atoms with Crippen LogP contribution >= 0.6 is 11.3 Å². The Morgan fingerprint density at radius 2 is 2.04 bits per heavy atom. The van der Waals surface area contributed by atoms with E-state index >= 15 is 0 Å². The third-order valence-electron chi connectivity index (χ3n) is 3.95. The topological polar surface area (TPSA) is 66.6 Å². The lowest BCUT2D eigenvalue weighted by Gasteiger charge is -2.21. The van der Waals surface area contributed by atoms with Crippen LogP contribution in [0.3, 0.4) is 0 Å². The van der Waals surface area contributed by atoms with Gasteiger partial charge in [-0.1, -0.05) is 0 Å². The second-order valence-electron chi connectivity index (χ2n) is 6.09. The minimum Gasteiger partial charge on any atom is -0.444 e. The summed E-state index contributed by atoms with van der Waals surface area (Å²) in [5, 5.41) is 6.44. The molecule has 2 aromatic heterocycles. The molecular formula is C19H22FN5OS. The van der Waals surface area contributed by atoms with Gasteiger partial charge in [-0.2, -0.15) is 0 Å². The molecule has 3 rings (SSSR count). The molecule has 0 aliphatic rings. The molecule has 0 saturated heterocycles. The fourth-order valence-electron chi connectivity index (χ4n) is 2.63. The number of halogens is 1. The SMILES string of the molecule is CN=C(NCCc1coc(-c2ccc(F)cc2)n1)N(C)Cc1csc(C)n1. The minimum atomic E-state index is -0.280. The monoisotopic (exact) mass is 387 g/mol. The van der Waals surface area contributed by atoms with Gasteiger partial charge in [0.25, 0.3) is 0 Å². The van der Waals surface area contributed by atoms with Gasteiger partial charge < -0.3 is 14.6 Å². The van der Waals surface area contributed by atoms with Crippen LogP contribution in [0.25, 0.3) is 11.5 Å². The summed E-state index contributed by atoms with van der Waals surface area (Å²) in [6.07, 6.45) is 2.32. The smallest absolute Gasteiger partial charge is 0.226 e. The summed E-state index contributed by atoms with van der Waals surface area (Å²) in [6.45, 7) is 3.37. The Balaban J connectivity index is 1.51. The highest BCUT2D eigenvalue weighted by Gasteiger charge is 2.10. The number of hydrogen-bond acceptors (Lipinski definition) is 5. The number of aryl methyl sites for hydroxylation is 1. The van der Waals surface area contributed by atoms with Crippen molar-refractivity contribution in [2.24, 2.45) is 4.99 Å². The first-order chi connectivity index (χ1) is 13.0. The minimum absolute atomic E-state index is 0.280. The van der Waals surface area contributed by atoms with E-state index in [1.165, 1.54) is 12.1 Å². The van der Waals surface area contributed by atoms with Crippen LogP contribution in [0.15, 0.2) is 45.3 Å². The third kappa shape index (κ3) is 5.13. The highest BCUT2D eigenvalue weighted by Crippen LogP contribution is 2.19. The molecule has 0 saturated carbocycles. The number of nitrogens with one attached hydrogen (secondary N) is 1. The van der Waals surface area contributed by atoms with Crippen molar-refractivity contribution >= 4 is 17.3 Å². The fraction of sp³-hybridized carbons (Fsp3) is 0.316. The molecule has 0 bridgehead atoms. The molecule has 0 aliphatic heterocycles. The summed E-state index contributed by atoms with van der Waals surface area (Å²) in [7, 11) is 3.74. The van der Waals surface area contributed by atoms with Crippen molar-refractivity contribution in [2.75, 3.05) is 20.6 Å². The van der Waals surface area contributed by atoms with Gasteiger partial charge in [0.2, 0.25) is 5.89 Å². The lowest BCUT2D eigenvalue weighted by atomic mass is 10.2. The standard InChI is InChI=1S/C19H22FN5OS/c1-13-23-17(12-27-13)10-25(3)19(21-2)22-9-8-16-11-26-18(24-16)14-4-6-15(20)7-5-14/h4-7,11-12H,8-10H2,1-3H3,(H,21,22). The van der Waals surface area contributed by atoms with Crippen molar-refractivity contribution in [1.82, 2.24) is 20.2 Å². The lowest BCUT2D eigenvalue weighted by molar-refractivity contribution is 0.471. The molecule has 0 aliphatic carbocycles. The molecular weight excluding hydrogens is 365 g/mol. The molecule has 0 atom stereocenters. The van der Waals surface area contributed by atoms with Crippen molar-refractivity contribution in [1.29, 1.82) is 0 Å². The van der Waals surface area contributed by atoms with Gasteiger partial charge in [-0.05, 0) is 31.2 Å². The van der Waals surface area contributed by atoms with Gasteiger partial charge in [-0.25, -0.2) is 14.4 Å². The zero-order valence-corrected chi connectivity index (χ0v) is 16.4. The largest absolute Gasteiger partial charge is 0.444 e. The Morgan fingerprint density at radius 3 is 2.70 bits per heavy atom. The average molecular weight is 387 g/mol. The molecule has 1 aromatic carbocycles. The van der Waals surface area contributed by atoms with Gasteiger partial charge in [-0.3, -0.25) is 4.99 Å². The van der Waals surface area contributed by atoms with Crippen LogP contribution in [-0.2, 0) is 13.0 Å². The summed E-state index contributed by atoms with van der Waals surface area (Å²) >= 11 is 1.64. The summed E-state index contributed by atoms with van der Waals surface area (Å²) < 4.78 is 18.5. The number of guanidine groups is 1. The zero-order chi connectivity index (χ0) is 19.2. The highest BCUT2D eigenvalue weighted by molar-refractivity contribution is 7.09. The molecule has 27 heavy (non-hydrogen) atoms. The van der Waals surface area contributed by atoms with Gasteiger partial charge in [-0.15, -0.1) is 11.3 Å². The molecule has 2 heterocycles. The van der Waals surface area contributed by atoms with E-state index in [0.29, 0.717) is 25.4 Å². The summed E-state index contributed by atoms with van der Waals surface area (Å²) in [4.78, 5) is 15.3. The first-order valence-corrected chi connectivity index (χ1v) is 9.46. The maximum atomic E-state index is 13.0. The predicted octanol–water partition coefficient (Wildman–Crippen LogP) is 3.50. The number of nitrogens with zero attached hydrogens (tertiary/aromatic N) is 4. The molecule has 0 fully saturated rings. The normalized spacial score (nSPS) is 11.6. The van der Waals surface area contributed by atoms with E-state index in [9.17, 15) is 4.39 Å². The van der Waals surface area contributed by atoms with Crippen molar-refractivity contribution in [2.45, 2.75) is 19.9 Å². The van der Waals surface area contributed by atoms with Crippen molar-refractivity contribution in [3.63, 3.8) is 0 Å². The van der Waals surface area contributed by atoms with Gasteiger partial charge >= 0.3 is 0 Å². The molecule has 0 spiro atoms. The van der Waals surface area contributed by atoms with Crippen LogP contribution < -0.4 is 5.32 Å². The Morgan fingerprint density at radius 1 is 1.26 bits per heavy atom. The first-order valence-electron chi connectivity index (χ1n) is 8.58. The van der Waals surface area contributed by atoms with E-state index in [1.807, 2.05) is 18.9 Å². The summed E-state index contributed by atoms with van der Waals surface area (Å²) in [6, 6.07) is 6.09. The number of thiazole rings is 1. The fourth-order valence-corrected chi connectivity index (χ4v) is 3.24. The number of aromatic nitrogens is 2. The number of aliphatic imine (C=N–C) groups is 1. The van der Waals surface area contributed by atoms with Crippen molar-refractivity contribution in [3.05, 3.63) is 58.1 Å². The Kier molecular flexibility index (Phi) is 6.18. The number of oxazole rings is 1. The van der Waals surface area contributed by atoms with Crippen molar-refractivity contribution < 1.29 is 8.81 Å². The molecule has 6 nitrogen and oxygen atoms in total. The summed E-state index contributed by atoms with van der Waals surface area (Å²) in [5.41, 5.74) is 2.61. The first kappa shape index (κ1) is 19.0. The Bertz CT molecular complexity index is 903. The van der Waals surface area contributed by atoms with Crippen LogP contribution in [0.2, 0.25) is 0 Å². The van der Waals surface area contributed by atoms with Gasteiger partial charge in [0.05, 0.1) is 22.9 Å². The molecule has 142 valence electrons. The van der Waals surface area contributed by atoms with Gasteiger partial charge in [0, 0.05) is 38.0 Å². The highest BCUT2D eigenvalue weighted by atomic mass is 32.1. The van der Waals surface area contributed by atoms with E-state index < -0.39 is 0 Å². The van der Waals surface area contributed by atoms with Crippen LogP contribution in [-0.4, -0.2) is 41.5 Å². The van der Waals surface area contributed by atoms with E-state index in [-0.39, 0.29) is 5.82 Å². The second kappa shape index (κ2) is 8.77. The Labute approximate surface area is 161 Å². The van der Waals surface area contributed by atoms with E-state index in [1.54, 1.807) is 36.8 Å². The molecule has 8 heteroatoms. The average Bonchev–Trinajstić information content (AvgIpc) is 3.28. The maximum absolute atomic E-state index is 13.0. The number of hydrogen-bond donors (Lipinski definition) is 1. The molecule has 1 N–H and O–H groups in total. The number of rotatable bonds is 6. The van der Waals surface area contributed by atoms with E-state index in [2.05, 4.69) is 25.7 Å². The van der Waals surface area contributed by atoms with E-state index in [4.69, 9.17) is 4.42 Å². The zero-order valence-electron chi connectivity index (χ0n) is 15.6. The van der Waals surface area contributed by atoms with Gasteiger partial charge in [0.1, 0.15) is 12.1 Å². The molecule has 0 unspecified atom stereocenters. The quantitative estimate of drug-likeness (QED) is 0.518.